The van der Waals surface area contributed by atoms with Gasteiger partial charge in [-0.05, 0) is 4.48 Å². The fraction of sp³-hybridized carbons (Fsp3) is 0.500. The van der Waals surface area contributed by atoms with E-state index in [-0.39, 0.29) is 6.42 Å². The average molecular weight is 251 g/mol. The Hall–Kier alpha value is -0.840. The van der Waals surface area contributed by atoms with Crippen LogP contribution in [0.4, 0.5) is 0 Å². The summed E-state index contributed by atoms with van der Waals surface area (Å²) in [7, 11) is 2.44. The van der Waals surface area contributed by atoms with Crippen LogP contribution in [0.1, 0.15) is 6.42 Å². The van der Waals surface area contributed by atoms with E-state index >= 15 is 0 Å². The van der Waals surface area contributed by atoms with E-state index < -0.39 is 17.9 Å². The number of hydrogen-bond acceptors (Lipinski definition) is 4. The molecule has 0 saturated heterocycles. The van der Waals surface area contributed by atoms with E-state index in [1.165, 1.54) is 14.2 Å². The Morgan fingerprint density at radius 1 is 1.31 bits per heavy atom. The van der Waals surface area contributed by atoms with Gasteiger partial charge in [-0.3, -0.25) is 9.59 Å². The van der Waals surface area contributed by atoms with Crippen LogP contribution in [0.5, 0.6) is 0 Å². The molecule has 0 aromatic carbocycles. The summed E-state index contributed by atoms with van der Waals surface area (Å²) >= 11 is 3.06. The number of esters is 2. The highest BCUT2D eigenvalue weighted by atomic mass is 79.9. The predicted octanol–water partition coefficient (Wildman–Crippen LogP) is 1.25. The van der Waals surface area contributed by atoms with Crippen molar-refractivity contribution >= 4 is 27.9 Å². The van der Waals surface area contributed by atoms with E-state index in [2.05, 4.69) is 32.0 Å². The van der Waals surface area contributed by atoms with Gasteiger partial charge in [0, 0.05) is 6.42 Å². The highest BCUT2D eigenvalue weighted by Gasteiger charge is 2.28. The first kappa shape index (κ1) is 12.2. The van der Waals surface area contributed by atoms with E-state index in [9.17, 15) is 9.59 Å². The average Bonchev–Trinajstić information content (AvgIpc) is 2.11. The molecule has 0 spiro atoms. The van der Waals surface area contributed by atoms with Crippen LogP contribution in [0.25, 0.3) is 0 Å². The lowest BCUT2D eigenvalue weighted by atomic mass is 10.1. The van der Waals surface area contributed by atoms with Crippen LogP contribution < -0.4 is 0 Å². The van der Waals surface area contributed by atoms with Crippen molar-refractivity contribution in [3.8, 4) is 0 Å². The molecule has 74 valence electrons. The molecular weight excluding hydrogens is 240 g/mol. The van der Waals surface area contributed by atoms with Crippen LogP contribution >= 0.6 is 15.9 Å². The normalized spacial score (nSPS) is 9.54. The van der Waals surface area contributed by atoms with Crippen molar-refractivity contribution in [2.75, 3.05) is 14.2 Å². The van der Waals surface area contributed by atoms with E-state index in [1.807, 2.05) is 0 Å². The summed E-state index contributed by atoms with van der Waals surface area (Å²) in [5.41, 5.74) is 0. The summed E-state index contributed by atoms with van der Waals surface area (Å²) in [5.74, 6) is -2.17. The fourth-order valence-corrected chi connectivity index (χ4v) is 1.09. The van der Waals surface area contributed by atoms with Crippen LogP contribution in [0.3, 0.4) is 0 Å². The van der Waals surface area contributed by atoms with Gasteiger partial charge in [-0.25, -0.2) is 0 Å². The second-order valence-electron chi connectivity index (χ2n) is 2.32. The molecule has 5 heteroatoms. The minimum atomic E-state index is -0.929. The molecule has 0 saturated carbocycles. The molecule has 0 N–H and O–H groups in total. The maximum Gasteiger partial charge on any atom is 0.320 e. The van der Waals surface area contributed by atoms with Gasteiger partial charge in [0.15, 0.2) is 5.92 Å². The van der Waals surface area contributed by atoms with Gasteiger partial charge in [0.1, 0.15) is 0 Å². The molecule has 0 heterocycles. The van der Waals surface area contributed by atoms with Crippen molar-refractivity contribution in [2.24, 2.45) is 5.92 Å². The Morgan fingerprint density at radius 2 is 1.69 bits per heavy atom. The van der Waals surface area contributed by atoms with Crippen LogP contribution in [-0.2, 0) is 19.1 Å². The summed E-state index contributed by atoms with van der Waals surface area (Å²) in [6, 6.07) is 0. The first-order valence-corrected chi connectivity index (χ1v) is 4.31. The van der Waals surface area contributed by atoms with Crippen molar-refractivity contribution in [3.63, 3.8) is 0 Å². The number of carbonyl (C=O) groups is 2. The van der Waals surface area contributed by atoms with Crippen molar-refractivity contribution in [3.05, 3.63) is 11.1 Å². The lowest BCUT2D eigenvalue weighted by Crippen LogP contribution is -2.26. The van der Waals surface area contributed by atoms with Crippen molar-refractivity contribution in [2.45, 2.75) is 6.42 Å². The number of hydrogen-bond donors (Lipinski definition) is 0. The molecule has 0 aromatic rings. The molecule has 0 rings (SSSR count). The molecule has 0 radical (unpaired) electrons. The van der Waals surface area contributed by atoms with Crippen LogP contribution in [-0.4, -0.2) is 26.2 Å². The zero-order chi connectivity index (χ0) is 10.4. The van der Waals surface area contributed by atoms with Gasteiger partial charge in [0.25, 0.3) is 0 Å². The van der Waals surface area contributed by atoms with Gasteiger partial charge in [-0.1, -0.05) is 22.5 Å². The molecular formula is C8H11BrO4. The number of halogens is 1. The molecule has 0 aromatic heterocycles. The Bertz CT molecular complexity index is 208. The molecule has 4 nitrogen and oxygen atoms in total. The SMILES string of the molecule is C=C(Br)CC(C(=O)OC)C(=O)OC. The summed E-state index contributed by atoms with van der Waals surface area (Å²) in [5, 5.41) is 0. The molecule has 13 heavy (non-hydrogen) atoms. The fourth-order valence-electron chi connectivity index (χ4n) is 0.769. The quantitative estimate of drug-likeness (QED) is 0.557. The molecule has 0 amide bonds. The van der Waals surface area contributed by atoms with Crippen LogP contribution in [0.15, 0.2) is 11.1 Å². The lowest BCUT2D eigenvalue weighted by molar-refractivity contribution is -0.158. The number of ether oxygens (including phenoxy) is 2. The van der Waals surface area contributed by atoms with Gasteiger partial charge in [-0.15, -0.1) is 0 Å². The number of carbonyl (C=O) groups excluding carboxylic acids is 2. The zero-order valence-corrected chi connectivity index (χ0v) is 9.09. The lowest BCUT2D eigenvalue weighted by Gasteiger charge is -2.10. The minimum Gasteiger partial charge on any atom is -0.468 e. The first-order chi connectivity index (χ1) is 6.02. The molecule has 0 unspecified atom stereocenters. The smallest absolute Gasteiger partial charge is 0.320 e. The van der Waals surface area contributed by atoms with Crippen LogP contribution in [0.2, 0.25) is 0 Å². The third-order valence-electron chi connectivity index (χ3n) is 1.40. The Kier molecular flexibility index (Phi) is 5.37. The third-order valence-corrected chi connectivity index (χ3v) is 1.72. The summed E-state index contributed by atoms with van der Waals surface area (Å²) in [6.45, 7) is 3.53. The highest BCUT2D eigenvalue weighted by molar-refractivity contribution is 9.11. The topological polar surface area (TPSA) is 52.6 Å². The predicted molar refractivity (Wildman–Crippen MR) is 50.2 cm³/mol. The Balaban J connectivity index is 4.45. The van der Waals surface area contributed by atoms with Gasteiger partial charge in [0.2, 0.25) is 0 Å². The summed E-state index contributed by atoms with van der Waals surface area (Å²) < 4.78 is 9.42. The molecule has 0 atom stereocenters. The maximum atomic E-state index is 11.1. The number of rotatable bonds is 4. The Morgan fingerprint density at radius 3 is 1.92 bits per heavy atom. The van der Waals surface area contributed by atoms with Crippen molar-refractivity contribution in [1.29, 1.82) is 0 Å². The molecule has 0 bridgehead atoms. The standard InChI is InChI=1S/C8H11BrO4/c1-5(9)4-6(7(10)12-2)8(11)13-3/h6H,1,4H2,2-3H3. The number of allylic oxidation sites excluding steroid dienone is 1. The molecule has 0 aliphatic carbocycles. The van der Waals surface area contributed by atoms with E-state index in [0.717, 1.165) is 0 Å². The molecule has 0 aliphatic heterocycles. The second-order valence-corrected chi connectivity index (χ2v) is 3.44. The van der Waals surface area contributed by atoms with E-state index in [4.69, 9.17) is 0 Å². The Labute approximate surface area is 85.0 Å². The summed E-state index contributed by atoms with van der Waals surface area (Å²) in [4.78, 5) is 22.1. The first-order valence-electron chi connectivity index (χ1n) is 3.51. The third kappa shape index (κ3) is 4.07. The van der Waals surface area contributed by atoms with E-state index in [1.54, 1.807) is 0 Å². The molecule has 0 fully saturated rings. The van der Waals surface area contributed by atoms with Crippen LogP contribution in [0, 0.1) is 5.92 Å². The summed E-state index contributed by atoms with van der Waals surface area (Å²) in [6.07, 6.45) is 0.180. The van der Waals surface area contributed by atoms with Gasteiger partial charge in [-0.2, -0.15) is 0 Å². The number of methoxy groups -OCH3 is 2. The van der Waals surface area contributed by atoms with Gasteiger partial charge < -0.3 is 9.47 Å². The minimum absolute atomic E-state index is 0.180. The van der Waals surface area contributed by atoms with E-state index in [0.29, 0.717) is 4.48 Å². The highest BCUT2D eigenvalue weighted by Crippen LogP contribution is 2.17. The van der Waals surface area contributed by atoms with Crippen molar-refractivity contribution in [1.82, 2.24) is 0 Å². The van der Waals surface area contributed by atoms with Gasteiger partial charge >= 0.3 is 11.9 Å². The monoisotopic (exact) mass is 250 g/mol. The van der Waals surface area contributed by atoms with Gasteiger partial charge in [0.05, 0.1) is 14.2 Å². The second kappa shape index (κ2) is 5.75. The largest absolute Gasteiger partial charge is 0.468 e. The van der Waals surface area contributed by atoms with Crippen molar-refractivity contribution < 1.29 is 19.1 Å². The zero-order valence-electron chi connectivity index (χ0n) is 7.50. The molecule has 0 aliphatic rings. The maximum absolute atomic E-state index is 11.1.